The van der Waals surface area contributed by atoms with Gasteiger partial charge in [0, 0.05) is 12.5 Å². The Morgan fingerprint density at radius 1 is 0.964 bits per heavy atom. The smallest absolute Gasteiger partial charge is 0.244 e. The van der Waals surface area contributed by atoms with Crippen LogP contribution in [0.15, 0.2) is 54.7 Å². The van der Waals surface area contributed by atoms with Crippen molar-refractivity contribution in [3.63, 3.8) is 0 Å². The van der Waals surface area contributed by atoms with Gasteiger partial charge in [0.05, 0.1) is 11.9 Å². The number of hydrogen-bond acceptors (Lipinski definition) is 3. The van der Waals surface area contributed by atoms with Gasteiger partial charge in [-0.2, -0.15) is 0 Å². The molecule has 0 radical (unpaired) electrons. The number of nitrogens with zero attached hydrogens (tertiary/aromatic N) is 1. The maximum absolute atomic E-state index is 13.5. The largest absolute Gasteiger partial charge is 0.293 e. The van der Waals surface area contributed by atoms with Crippen LogP contribution in [0.2, 0.25) is 0 Å². The fourth-order valence-electron chi connectivity index (χ4n) is 5.17. The number of rotatable bonds is 2. The highest BCUT2D eigenvalue weighted by molar-refractivity contribution is 6.23. The summed E-state index contributed by atoms with van der Waals surface area (Å²) in [5.41, 5.74) is 3.73. The molecule has 3 aliphatic rings. The minimum Gasteiger partial charge on any atom is -0.293 e. The van der Waals surface area contributed by atoms with Crippen LogP contribution >= 0.6 is 0 Å². The summed E-state index contributed by atoms with van der Waals surface area (Å²) >= 11 is 0. The van der Waals surface area contributed by atoms with Crippen molar-refractivity contribution in [1.82, 2.24) is 0 Å². The Labute approximate surface area is 163 Å². The molecule has 0 saturated carbocycles. The van der Waals surface area contributed by atoms with Gasteiger partial charge in [-0.05, 0) is 30.7 Å². The van der Waals surface area contributed by atoms with E-state index in [1.165, 1.54) is 11.8 Å². The Morgan fingerprint density at radius 3 is 2.36 bits per heavy atom. The zero-order valence-corrected chi connectivity index (χ0v) is 15.8. The van der Waals surface area contributed by atoms with Gasteiger partial charge in [-0.25, -0.2) is 4.90 Å². The Kier molecular flexibility index (Phi) is 3.64. The van der Waals surface area contributed by atoms with Gasteiger partial charge in [-0.15, -0.1) is 0 Å². The van der Waals surface area contributed by atoms with Gasteiger partial charge in [-0.3, -0.25) is 19.3 Å². The van der Waals surface area contributed by atoms with Crippen LogP contribution in [0.25, 0.3) is 6.08 Å². The number of fused-ring (bicyclic) bond motifs is 5. The van der Waals surface area contributed by atoms with E-state index in [-0.39, 0.29) is 23.6 Å². The Morgan fingerprint density at radius 2 is 1.64 bits per heavy atom. The average molecular weight is 373 g/mol. The molecule has 5 atom stereocenters. The highest BCUT2D eigenvalue weighted by Crippen LogP contribution is 2.44. The molecule has 5 heteroatoms. The first kappa shape index (κ1) is 17.1. The van der Waals surface area contributed by atoms with Gasteiger partial charge < -0.3 is 0 Å². The van der Waals surface area contributed by atoms with Gasteiger partial charge in [0.15, 0.2) is 11.8 Å². The van der Waals surface area contributed by atoms with Crippen molar-refractivity contribution >= 4 is 29.4 Å². The molecule has 2 amide bonds. The number of quaternary nitrogens is 1. The number of Topliss-reactive ketones (excluding diaryl/α,β-unsaturated/α-hetero) is 1. The van der Waals surface area contributed by atoms with Gasteiger partial charge in [0.2, 0.25) is 11.8 Å². The summed E-state index contributed by atoms with van der Waals surface area (Å²) in [5.74, 6) is -1.66. The molecule has 1 unspecified atom stereocenters. The number of ketones is 1. The zero-order chi connectivity index (χ0) is 19.6. The maximum atomic E-state index is 13.5. The first-order chi connectivity index (χ1) is 13.5. The lowest BCUT2D eigenvalue weighted by molar-refractivity contribution is -0.884. The van der Waals surface area contributed by atoms with Crippen molar-refractivity contribution < 1.29 is 19.3 Å². The third-order valence-electron chi connectivity index (χ3n) is 6.35. The van der Waals surface area contributed by atoms with Crippen molar-refractivity contribution in [2.45, 2.75) is 25.9 Å². The molecule has 3 aliphatic heterocycles. The molecule has 0 bridgehead atoms. The van der Waals surface area contributed by atoms with Gasteiger partial charge >= 0.3 is 0 Å². The van der Waals surface area contributed by atoms with E-state index >= 15 is 0 Å². The lowest BCUT2D eigenvalue weighted by Gasteiger charge is -2.30. The van der Waals surface area contributed by atoms with Gasteiger partial charge in [0.1, 0.15) is 17.9 Å². The van der Waals surface area contributed by atoms with Crippen molar-refractivity contribution in [3.05, 3.63) is 71.4 Å². The van der Waals surface area contributed by atoms with E-state index in [9.17, 15) is 14.4 Å². The second-order valence-corrected chi connectivity index (χ2v) is 7.93. The van der Waals surface area contributed by atoms with Gasteiger partial charge in [-0.1, -0.05) is 42.0 Å². The molecule has 0 spiro atoms. The van der Waals surface area contributed by atoms with Crippen molar-refractivity contribution in [2.75, 3.05) is 4.90 Å². The molecule has 2 saturated heterocycles. The number of amides is 2. The summed E-state index contributed by atoms with van der Waals surface area (Å²) in [6.07, 6.45) is 3.94. The first-order valence-corrected chi connectivity index (χ1v) is 9.57. The van der Waals surface area contributed by atoms with Crippen LogP contribution in [0, 0.1) is 18.8 Å². The van der Waals surface area contributed by atoms with E-state index in [0.29, 0.717) is 5.69 Å². The standard InChI is InChI=1S/C23H20N2O3/c1-13-7-9-16(10-8-13)25-22(27)18-19(23(25)28)21-17-6-4-3-5-15(17)11-12-24(21)20(18)14(2)26/h3-12,18-21H,1-2H3/p+1/t18-,19+,20-,21-/m0/s1. The summed E-state index contributed by atoms with van der Waals surface area (Å²) in [7, 11) is 0. The van der Waals surface area contributed by atoms with Gasteiger partial charge in [0.25, 0.3) is 0 Å². The van der Waals surface area contributed by atoms with E-state index in [0.717, 1.165) is 21.6 Å². The summed E-state index contributed by atoms with van der Waals surface area (Å²) in [6, 6.07) is 14.6. The second-order valence-electron chi connectivity index (χ2n) is 7.93. The molecule has 140 valence electrons. The third kappa shape index (κ3) is 2.20. The molecule has 5 nitrogen and oxygen atoms in total. The molecular weight excluding hydrogens is 352 g/mol. The summed E-state index contributed by atoms with van der Waals surface area (Å²) < 4.78 is 0. The fraction of sp³-hybridized carbons (Fsp3) is 0.261. The van der Waals surface area contributed by atoms with E-state index in [2.05, 4.69) is 0 Å². The minimum atomic E-state index is -0.623. The Hall–Kier alpha value is -3.05. The van der Waals surface area contributed by atoms with Crippen LogP contribution in [0.1, 0.15) is 29.7 Å². The number of anilines is 1. The number of imide groups is 1. The first-order valence-electron chi connectivity index (χ1n) is 9.57. The Balaban J connectivity index is 1.65. The number of nitrogens with one attached hydrogen (secondary N) is 1. The van der Waals surface area contributed by atoms with E-state index in [4.69, 9.17) is 0 Å². The maximum Gasteiger partial charge on any atom is 0.244 e. The van der Waals surface area contributed by atoms with Crippen LogP contribution in [0.3, 0.4) is 0 Å². The second kappa shape index (κ2) is 5.97. The van der Waals surface area contributed by atoms with Crippen molar-refractivity contribution in [2.24, 2.45) is 11.8 Å². The van der Waals surface area contributed by atoms with Crippen LogP contribution < -0.4 is 9.80 Å². The number of carbonyl (C=O) groups is 3. The summed E-state index contributed by atoms with van der Waals surface area (Å²) in [4.78, 5) is 41.6. The number of benzene rings is 2. The highest BCUT2D eigenvalue weighted by atomic mass is 16.2. The van der Waals surface area contributed by atoms with Crippen molar-refractivity contribution in [3.8, 4) is 0 Å². The van der Waals surface area contributed by atoms with Crippen LogP contribution in [0.4, 0.5) is 5.69 Å². The normalized spacial score (nSPS) is 30.2. The van der Waals surface area contributed by atoms with Crippen LogP contribution in [0.5, 0.6) is 0 Å². The van der Waals surface area contributed by atoms with Crippen LogP contribution in [-0.4, -0.2) is 23.6 Å². The number of aryl methyl sites for hydroxylation is 1. The molecule has 2 aromatic carbocycles. The average Bonchev–Trinajstić information content (AvgIpc) is 3.16. The molecule has 2 aromatic rings. The fourth-order valence-corrected chi connectivity index (χ4v) is 5.17. The number of carbonyl (C=O) groups excluding carboxylic acids is 3. The molecule has 2 fully saturated rings. The Bertz CT molecular complexity index is 1040. The van der Waals surface area contributed by atoms with Crippen LogP contribution in [-0.2, 0) is 14.4 Å². The van der Waals surface area contributed by atoms with E-state index in [1.807, 2.05) is 55.6 Å². The molecule has 0 aliphatic carbocycles. The predicted octanol–water partition coefficient (Wildman–Crippen LogP) is 1.68. The topological polar surface area (TPSA) is 58.9 Å². The number of hydrogen-bond donors (Lipinski definition) is 1. The predicted molar refractivity (Wildman–Crippen MR) is 104 cm³/mol. The third-order valence-corrected chi connectivity index (χ3v) is 6.35. The molecule has 0 aromatic heterocycles. The monoisotopic (exact) mass is 373 g/mol. The molecule has 3 heterocycles. The molecule has 1 N–H and O–H groups in total. The summed E-state index contributed by atoms with van der Waals surface area (Å²) in [5, 5.41) is 0. The molecule has 28 heavy (non-hydrogen) atoms. The lowest BCUT2D eigenvalue weighted by atomic mass is 9.84. The van der Waals surface area contributed by atoms with Crippen molar-refractivity contribution in [1.29, 1.82) is 0 Å². The van der Waals surface area contributed by atoms with E-state index in [1.54, 1.807) is 12.1 Å². The highest BCUT2D eigenvalue weighted by Gasteiger charge is 2.67. The SMILES string of the molecule is CC(=O)[C@H]1[C@H]2C(=O)N(c3ccc(C)cc3)C(=O)[C@H]2[C@@H]2c3ccccc3C=C[NH+]12. The lowest BCUT2D eigenvalue weighted by Crippen LogP contribution is -3.12. The molecular formula is C23H21N2O3+. The van der Waals surface area contributed by atoms with E-state index < -0.39 is 17.9 Å². The molecule has 5 rings (SSSR count). The quantitative estimate of drug-likeness (QED) is 0.815. The summed E-state index contributed by atoms with van der Waals surface area (Å²) in [6.45, 7) is 3.49. The minimum absolute atomic E-state index is 0.0524. The zero-order valence-electron chi connectivity index (χ0n) is 15.8.